The fourth-order valence-corrected chi connectivity index (χ4v) is 3.43. The number of carbonyl (C=O) groups is 3. The largest absolute Gasteiger partial charge is 0.452 e. The average Bonchev–Trinajstić information content (AvgIpc) is 3.07. The lowest BCUT2D eigenvalue weighted by Gasteiger charge is -2.10. The molecule has 1 aromatic heterocycles. The molecule has 2 amide bonds. The molecule has 1 heterocycles. The number of hydrogen-bond acceptors (Lipinski definition) is 5. The van der Waals surface area contributed by atoms with Gasteiger partial charge in [-0.2, -0.15) is 0 Å². The van der Waals surface area contributed by atoms with Crippen LogP contribution < -0.4 is 10.6 Å². The zero-order chi connectivity index (χ0) is 21.4. The van der Waals surface area contributed by atoms with Crippen LogP contribution in [0.2, 0.25) is 0 Å². The molecule has 1 aromatic carbocycles. The Morgan fingerprint density at radius 3 is 2.45 bits per heavy atom. The quantitative estimate of drug-likeness (QED) is 0.500. The van der Waals surface area contributed by atoms with Crippen LogP contribution >= 0.6 is 11.3 Å². The third kappa shape index (κ3) is 6.87. The predicted molar refractivity (Wildman–Crippen MR) is 116 cm³/mol. The maximum atomic E-state index is 12.8. The monoisotopic (exact) mass is 414 g/mol. The standard InChI is InChI=1S/C22H26N2O4S/c1-14(2)10-18(25)24-21-20(17(13-29-21)16-8-6-5-7-9-16)22(27)28-12-19(26)23-11-15(3)4/h5-10,13,15H,11-12H2,1-4H3,(H,23,26)(H,24,25). The van der Waals surface area contributed by atoms with Gasteiger partial charge in [-0.25, -0.2) is 4.79 Å². The van der Waals surface area contributed by atoms with Crippen LogP contribution in [0.4, 0.5) is 5.00 Å². The molecule has 0 aliphatic carbocycles. The van der Waals surface area contributed by atoms with Gasteiger partial charge in [0.2, 0.25) is 5.91 Å². The Bertz CT molecular complexity index is 897. The Labute approximate surface area is 175 Å². The van der Waals surface area contributed by atoms with Crippen LogP contribution in [0.1, 0.15) is 38.1 Å². The SMILES string of the molecule is CC(C)=CC(=O)Nc1scc(-c2ccccc2)c1C(=O)OCC(=O)NCC(C)C. The first-order chi connectivity index (χ1) is 13.8. The van der Waals surface area contributed by atoms with Crippen LogP contribution in [0.25, 0.3) is 11.1 Å². The van der Waals surface area contributed by atoms with E-state index >= 15 is 0 Å². The van der Waals surface area contributed by atoms with Gasteiger partial charge in [0, 0.05) is 23.6 Å². The van der Waals surface area contributed by atoms with Gasteiger partial charge in [0.05, 0.1) is 0 Å². The molecule has 29 heavy (non-hydrogen) atoms. The second-order valence-electron chi connectivity index (χ2n) is 7.20. The zero-order valence-electron chi connectivity index (χ0n) is 17.1. The molecule has 2 aromatic rings. The fraction of sp³-hybridized carbons (Fsp3) is 0.318. The number of benzene rings is 1. The van der Waals surface area contributed by atoms with Crippen molar-refractivity contribution in [1.29, 1.82) is 0 Å². The summed E-state index contributed by atoms with van der Waals surface area (Å²) in [6.45, 7) is 7.71. The molecule has 0 aliphatic rings. The molecule has 0 aliphatic heterocycles. The minimum absolute atomic E-state index is 0.244. The molecule has 0 saturated carbocycles. The molecule has 0 saturated heterocycles. The highest BCUT2D eigenvalue weighted by Crippen LogP contribution is 2.36. The van der Waals surface area contributed by atoms with Crippen LogP contribution in [-0.4, -0.2) is 30.9 Å². The van der Waals surface area contributed by atoms with Gasteiger partial charge >= 0.3 is 5.97 Å². The van der Waals surface area contributed by atoms with Gasteiger partial charge in [-0.15, -0.1) is 11.3 Å². The van der Waals surface area contributed by atoms with E-state index in [0.717, 1.165) is 11.1 Å². The minimum Gasteiger partial charge on any atom is -0.452 e. The van der Waals surface area contributed by atoms with Crippen LogP contribution in [0.3, 0.4) is 0 Å². The molecular weight excluding hydrogens is 388 g/mol. The summed E-state index contributed by atoms with van der Waals surface area (Å²) >= 11 is 1.24. The van der Waals surface area contributed by atoms with Gasteiger partial charge < -0.3 is 15.4 Å². The third-order valence-corrected chi connectivity index (χ3v) is 4.67. The number of thiophene rings is 1. The Morgan fingerprint density at radius 2 is 1.83 bits per heavy atom. The molecule has 2 rings (SSSR count). The zero-order valence-corrected chi connectivity index (χ0v) is 17.9. The summed E-state index contributed by atoms with van der Waals surface area (Å²) < 4.78 is 5.23. The number of hydrogen-bond donors (Lipinski definition) is 2. The smallest absolute Gasteiger partial charge is 0.342 e. The maximum Gasteiger partial charge on any atom is 0.342 e. The van der Waals surface area contributed by atoms with Gasteiger partial charge in [-0.1, -0.05) is 49.8 Å². The highest BCUT2D eigenvalue weighted by Gasteiger charge is 2.23. The Balaban J connectivity index is 2.25. The molecule has 6 nitrogen and oxygen atoms in total. The first-order valence-electron chi connectivity index (χ1n) is 9.34. The van der Waals surface area contributed by atoms with E-state index < -0.39 is 5.97 Å². The Hall–Kier alpha value is -2.93. The molecule has 0 fully saturated rings. The molecule has 2 N–H and O–H groups in total. The number of esters is 1. The summed E-state index contributed by atoms with van der Waals surface area (Å²) in [7, 11) is 0. The molecule has 0 unspecified atom stereocenters. The van der Waals surface area contributed by atoms with Gasteiger partial charge in [-0.3, -0.25) is 9.59 Å². The van der Waals surface area contributed by atoms with Crippen LogP contribution in [0, 0.1) is 5.92 Å². The van der Waals surface area contributed by atoms with E-state index in [-0.39, 0.29) is 24.0 Å². The van der Waals surface area contributed by atoms with Crippen molar-refractivity contribution in [2.45, 2.75) is 27.7 Å². The van der Waals surface area contributed by atoms with Crippen LogP contribution in [0.15, 0.2) is 47.4 Å². The summed E-state index contributed by atoms with van der Waals surface area (Å²) in [6, 6.07) is 9.35. The summed E-state index contributed by atoms with van der Waals surface area (Å²) in [4.78, 5) is 36.9. The average molecular weight is 415 g/mol. The number of amides is 2. The summed E-state index contributed by atoms with van der Waals surface area (Å²) in [5.74, 6) is -1.04. The normalized spacial score (nSPS) is 10.4. The predicted octanol–water partition coefficient (Wildman–Crippen LogP) is 4.25. The minimum atomic E-state index is -0.655. The summed E-state index contributed by atoms with van der Waals surface area (Å²) in [5, 5.41) is 7.63. The van der Waals surface area contributed by atoms with E-state index in [1.54, 1.807) is 5.38 Å². The highest BCUT2D eigenvalue weighted by molar-refractivity contribution is 7.15. The maximum absolute atomic E-state index is 12.8. The van der Waals surface area contributed by atoms with E-state index in [9.17, 15) is 14.4 Å². The van der Waals surface area contributed by atoms with Crippen molar-refractivity contribution in [3.8, 4) is 11.1 Å². The van der Waals surface area contributed by atoms with Crippen molar-refractivity contribution in [1.82, 2.24) is 5.32 Å². The lowest BCUT2D eigenvalue weighted by atomic mass is 10.0. The van der Waals surface area contributed by atoms with Gasteiger partial charge in [0.15, 0.2) is 6.61 Å². The Morgan fingerprint density at radius 1 is 1.14 bits per heavy atom. The molecule has 154 valence electrons. The molecule has 7 heteroatoms. The van der Waals surface area contributed by atoms with Gasteiger partial charge in [0.25, 0.3) is 5.91 Å². The molecule has 0 radical (unpaired) electrons. The number of nitrogens with one attached hydrogen (secondary N) is 2. The first kappa shape index (κ1) is 22.4. The fourth-order valence-electron chi connectivity index (χ4n) is 2.47. The first-order valence-corrected chi connectivity index (χ1v) is 10.2. The number of ether oxygens (including phenoxy) is 1. The molecule has 0 bridgehead atoms. The highest BCUT2D eigenvalue weighted by atomic mass is 32.1. The number of allylic oxidation sites excluding steroid dienone is 1. The van der Waals surface area contributed by atoms with E-state index in [4.69, 9.17) is 4.74 Å². The van der Waals surface area contributed by atoms with Gasteiger partial charge in [0.1, 0.15) is 10.6 Å². The van der Waals surface area contributed by atoms with Crippen molar-refractivity contribution < 1.29 is 19.1 Å². The summed E-state index contributed by atoms with van der Waals surface area (Å²) in [6.07, 6.45) is 1.45. The van der Waals surface area contributed by atoms with E-state index in [0.29, 0.717) is 23.0 Å². The topological polar surface area (TPSA) is 84.5 Å². The third-order valence-electron chi connectivity index (χ3n) is 3.78. The second kappa shape index (κ2) is 10.6. The van der Waals surface area contributed by atoms with Crippen molar-refractivity contribution in [2.75, 3.05) is 18.5 Å². The van der Waals surface area contributed by atoms with Gasteiger partial charge in [-0.05, 0) is 25.3 Å². The number of anilines is 1. The molecule has 0 atom stereocenters. The van der Waals surface area contributed by atoms with Crippen molar-refractivity contribution in [2.24, 2.45) is 5.92 Å². The molecule has 0 spiro atoms. The molecular formula is C22H26N2O4S. The lowest BCUT2D eigenvalue weighted by molar-refractivity contribution is -0.124. The van der Waals surface area contributed by atoms with Crippen LogP contribution in [0.5, 0.6) is 0 Å². The summed E-state index contributed by atoms with van der Waals surface area (Å²) in [5.41, 5.74) is 2.56. The van der Waals surface area contributed by atoms with Crippen molar-refractivity contribution >= 4 is 34.1 Å². The number of rotatable bonds is 8. The Kier molecular flexibility index (Phi) is 8.15. The second-order valence-corrected chi connectivity index (χ2v) is 8.08. The van der Waals surface area contributed by atoms with E-state index in [1.807, 2.05) is 58.0 Å². The lowest BCUT2D eigenvalue weighted by Crippen LogP contribution is -2.31. The van der Waals surface area contributed by atoms with E-state index in [1.165, 1.54) is 17.4 Å². The number of carbonyl (C=O) groups excluding carboxylic acids is 3. The van der Waals surface area contributed by atoms with Crippen LogP contribution in [-0.2, 0) is 14.3 Å². The van der Waals surface area contributed by atoms with E-state index in [2.05, 4.69) is 10.6 Å². The van der Waals surface area contributed by atoms with Crippen molar-refractivity contribution in [3.63, 3.8) is 0 Å². The van der Waals surface area contributed by atoms with Crippen molar-refractivity contribution in [3.05, 3.63) is 52.9 Å².